The lowest BCUT2D eigenvalue weighted by atomic mass is 9.75. The third-order valence-electron chi connectivity index (χ3n) is 4.80. The zero-order valence-corrected chi connectivity index (χ0v) is 15.1. The maximum absolute atomic E-state index is 10.4. The molecule has 1 unspecified atom stereocenters. The van der Waals surface area contributed by atoms with Gasteiger partial charge in [0.1, 0.15) is 0 Å². The van der Waals surface area contributed by atoms with E-state index in [0.717, 1.165) is 28.9 Å². The number of halogens is 1. The Bertz CT molecular complexity index is 447. The SMILES string of the molecule is CC(C)(C)C1CCN(CCC(O)c2ccccc2Br)CC1. The quantitative estimate of drug-likeness (QED) is 0.852. The first-order valence-electron chi connectivity index (χ1n) is 8.03. The highest BCUT2D eigenvalue weighted by atomic mass is 79.9. The molecular formula is C18H28BrNO. The number of piperidine rings is 1. The zero-order valence-electron chi connectivity index (χ0n) is 13.5. The topological polar surface area (TPSA) is 23.5 Å². The number of aliphatic hydroxyl groups excluding tert-OH is 1. The van der Waals surface area contributed by atoms with Gasteiger partial charge in [0, 0.05) is 11.0 Å². The van der Waals surface area contributed by atoms with E-state index in [2.05, 4.69) is 41.6 Å². The molecule has 1 N–H and O–H groups in total. The number of rotatable bonds is 4. The molecule has 0 bridgehead atoms. The molecule has 1 aromatic rings. The first kappa shape index (κ1) is 17.0. The van der Waals surface area contributed by atoms with Crippen molar-refractivity contribution in [3.8, 4) is 0 Å². The van der Waals surface area contributed by atoms with E-state index in [1.807, 2.05) is 24.3 Å². The van der Waals surface area contributed by atoms with Crippen LogP contribution in [0.4, 0.5) is 0 Å². The number of hydrogen-bond acceptors (Lipinski definition) is 2. The van der Waals surface area contributed by atoms with Gasteiger partial charge in [0.05, 0.1) is 6.10 Å². The first-order valence-corrected chi connectivity index (χ1v) is 8.82. The van der Waals surface area contributed by atoms with Crippen molar-refractivity contribution in [2.45, 2.75) is 46.1 Å². The average molecular weight is 354 g/mol. The van der Waals surface area contributed by atoms with E-state index in [9.17, 15) is 5.11 Å². The van der Waals surface area contributed by atoms with Gasteiger partial charge in [-0.2, -0.15) is 0 Å². The van der Waals surface area contributed by atoms with Gasteiger partial charge >= 0.3 is 0 Å². The molecule has 1 atom stereocenters. The van der Waals surface area contributed by atoms with Crippen molar-refractivity contribution in [2.24, 2.45) is 11.3 Å². The van der Waals surface area contributed by atoms with Crippen LogP contribution < -0.4 is 0 Å². The third-order valence-corrected chi connectivity index (χ3v) is 5.52. The van der Waals surface area contributed by atoms with Crippen LogP contribution in [0.25, 0.3) is 0 Å². The Labute approximate surface area is 137 Å². The second-order valence-electron chi connectivity index (χ2n) is 7.31. The Morgan fingerprint density at radius 3 is 2.43 bits per heavy atom. The largest absolute Gasteiger partial charge is 0.388 e. The van der Waals surface area contributed by atoms with Gasteiger partial charge in [-0.1, -0.05) is 54.9 Å². The number of hydrogen-bond donors (Lipinski definition) is 1. The molecule has 3 heteroatoms. The smallest absolute Gasteiger partial charge is 0.0813 e. The lowest BCUT2D eigenvalue weighted by molar-refractivity contribution is 0.0913. The Hall–Kier alpha value is -0.380. The highest BCUT2D eigenvalue weighted by Crippen LogP contribution is 2.34. The molecule has 0 aliphatic carbocycles. The summed E-state index contributed by atoms with van der Waals surface area (Å²) < 4.78 is 1.00. The fourth-order valence-electron chi connectivity index (χ4n) is 3.23. The highest BCUT2D eigenvalue weighted by Gasteiger charge is 2.28. The van der Waals surface area contributed by atoms with Crippen LogP contribution in [0.15, 0.2) is 28.7 Å². The Morgan fingerprint density at radius 2 is 1.86 bits per heavy atom. The van der Waals surface area contributed by atoms with Crippen LogP contribution in [0.1, 0.15) is 51.7 Å². The summed E-state index contributed by atoms with van der Waals surface area (Å²) in [6.07, 6.45) is 3.01. The van der Waals surface area contributed by atoms with Crippen LogP contribution in [0.3, 0.4) is 0 Å². The molecule has 0 saturated carbocycles. The van der Waals surface area contributed by atoms with Crippen molar-refractivity contribution >= 4 is 15.9 Å². The van der Waals surface area contributed by atoms with Crippen LogP contribution in [-0.4, -0.2) is 29.6 Å². The van der Waals surface area contributed by atoms with Crippen LogP contribution >= 0.6 is 15.9 Å². The molecule has 1 aliphatic rings. The molecule has 1 aromatic carbocycles. The Balaban J connectivity index is 1.79. The van der Waals surface area contributed by atoms with Crippen molar-refractivity contribution in [3.05, 3.63) is 34.3 Å². The van der Waals surface area contributed by atoms with E-state index in [-0.39, 0.29) is 6.10 Å². The fourth-order valence-corrected chi connectivity index (χ4v) is 3.78. The average Bonchev–Trinajstić information content (AvgIpc) is 2.45. The van der Waals surface area contributed by atoms with Crippen molar-refractivity contribution in [2.75, 3.05) is 19.6 Å². The lowest BCUT2D eigenvalue weighted by Crippen LogP contribution is -2.38. The fraction of sp³-hybridized carbons (Fsp3) is 0.667. The van der Waals surface area contributed by atoms with Crippen molar-refractivity contribution in [3.63, 3.8) is 0 Å². The van der Waals surface area contributed by atoms with Gasteiger partial charge in [0.2, 0.25) is 0 Å². The van der Waals surface area contributed by atoms with Crippen molar-refractivity contribution in [1.82, 2.24) is 4.90 Å². The molecule has 0 radical (unpaired) electrons. The molecular weight excluding hydrogens is 326 g/mol. The zero-order chi connectivity index (χ0) is 15.5. The Morgan fingerprint density at radius 1 is 1.24 bits per heavy atom. The monoisotopic (exact) mass is 353 g/mol. The van der Waals surface area contributed by atoms with Crippen LogP contribution in [0.5, 0.6) is 0 Å². The maximum atomic E-state index is 10.4. The molecule has 0 aromatic heterocycles. The molecule has 0 spiro atoms. The number of likely N-dealkylation sites (tertiary alicyclic amines) is 1. The van der Waals surface area contributed by atoms with E-state index >= 15 is 0 Å². The maximum Gasteiger partial charge on any atom is 0.0813 e. The predicted molar refractivity (Wildman–Crippen MR) is 92.3 cm³/mol. The predicted octanol–water partition coefficient (Wildman–Crippen LogP) is 4.63. The number of benzene rings is 1. The lowest BCUT2D eigenvalue weighted by Gasteiger charge is -2.39. The summed E-state index contributed by atoms with van der Waals surface area (Å²) in [5.41, 5.74) is 1.43. The summed E-state index contributed by atoms with van der Waals surface area (Å²) in [6.45, 7) is 10.4. The van der Waals surface area contributed by atoms with Gasteiger partial charge in [-0.05, 0) is 55.3 Å². The Kier molecular flexibility index (Phi) is 5.87. The van der Waals surface area contributed by atoms with Crippen molar-refractivity contribution in [1.29, 1.82) is 0 Å². The first-order chi connectivity index (χ1) is 9.88. The molecule has 0 amide bonds. The van der Waals surface area contributed by atoms with Gasteiger partial charge in [-0.25, -0.2) is 0 Å². The molecule has 1 fully saturated rings. The second-order valence-corrected chi connectivity index (χ2v) is 8.16. The van der Waals surface area contributed by atoms with Crippen LogP contribution in [-0.2, 0) is 0 Å². The van der Waals surface area contributed by atoms with E-state index in [1.165, 1.54) is 25.9 Å². The van der Waals surface area contributed by atoms with E-state index in [4.69, 9.17) is 0 Å². The van der Waals surface area contributed by atoms with Gasteiger partial charge in [-0.3, -0.25) is 0 Å². The number of nitrogens with zero attached hydrogens (tertiary/aromatic N) is 1. The standard InChI is InChI=1S/C18H28BrNO/c1-18(2,3)14-8-11-20(12-9-14)13-10-17(21)15-6-4-5-7-16(15)19/h4-7,14,17,21H,8-13H2,1-3H3. The molecule has 1 saturated heterocycles. The highest BCUT2D eigenvalue weighted by molar-refractivity contribution is 9.10. The summed E-state index contributed by atoms with van der Waals surface area (Å²) in [5.74, 6) is 0.835. The van der Waals surface area contributed by atoms with E-state index in [0.29, 0.717) is 5.41 Å². The van der Waals surface area contributed by atoms with Crippen LogP contribution in [0.2, 0.25) is 0 Å². The second kappa shape index (κ2) is 7.26. The van der Waals surface area contributed by atoms with E-state index < -0.39 is 0 Å². The van der Waals surface area contributed by atoms with Crippen molar-refractivity contribution < 1.29 is 5.11 Å². The number of aliphatic hydroxyl groups is 1. The summed E-state index contributed by atoms with van der Waals surface area (Å²) in [6, 6.07) is 7.96. The third kappa shape index (κ3) is 4.80. The summed E-state index contributed by atoms with van der Waals surface area (Å²) in [7, 11) is 0. The summed E-state index contributed by atoms with van der Waals surface area (Å²) in [5, 5.41) is 10.4. The molecule has 21 heavy (non-hydrogen) atoms. The summed E-state index contributed by atoms with van der Waals surface area (Å²) in [4.78, 5) is 2.50. The molecule has 2 nitrogen and oxygen atoms in total. The minimum atomic E-state index is -0.374. The molecule has 2 rings (SSSR count). The normalized spacial score (nSPS) is 19.7. The minimum absolute atomic E-state index is 0.374. The van der Waals surface area contributed by atoms with E-state index in [1.54, 1.807) is 0 Å². The molecule has 1 heterocycles. The van der Waals surface area contributed by atoms with Gasteiger partial charge < -0.3 is 10.0 Å². The summed E-state index contributed by atoms with van der Waals surface area (Å²) >= 11 is 3.52. The minimum Gasteiger partial charge on any atom is -0.388 e. The van der Waals surface area contributed by atoms with Gasteiger partial charge in [0.15, 0.2) is 0 Å². The van der Waals surface area contributed by atoms with Gasteiger partial charge in [-0.15, -0.1) is 0 Å². The van der Waals surface area contributed by atoms with Gasteiger partial charge in [0.25, 0.3) is 0 Å². The molecule has 1 aliphatic heterocycles. The molecule has 118 valence electrons. The van der Waals surface area contributed by atoms with Crippen LogP contribution in [0, 0.1) is 11.3 Å².